The van der Waals surface area contributed by atoms with Crippen LogP contribution in [0.15, 0.2) is 12.2 Å². The van der Waals surface area contributed by atoms with Crippen molar-refractivity contribution < 1.29 is 136 Å². The molecular weight excluding hydrogens is 600 g/mol. The van der Waals surface area contributed by atoms with Crippen LogP contribution in [0.25, 0.3) is 0 Å². The molecule has 0 aromatic rings. The summed E-state index contributed by atoms with van der Waals surface area (Å²) in [7, 11) is 0. The minimum atomic E-state index is -0.0375. The number of hydrogen-bond acceptors (Lipinski definition) is 1. The van der Waals surface area contributed by atoms with E-state index in [4.69, 9.17) is 0 Å². The molecule has 0 saturated heterocycles. The maximum absolute atomic E-state index is 10.3. The van der Waals surface area contributed by atoms with Crippen LogP contribution in [-0.4, -0.2) is 11.2 Å². The van der Waals surface area contributed by atoms with Crippen LogP contribution in [-0.2, 0) is 131 Å². The van der Waals surface area contributed by atoms with Crippen molar-refractivity contribution in [2.75, 3.05) is 0 Å². The van der Waals surface area contributed by atoms with Crippen LogP contribution in [0.2, 0.25) is 0 Å². The third-order valence-electron chi connectivity index (χ3n) is 6.57. The van der Waals surface area contributed by atoms with E-state index >= 15 is 0 Å². The zero-order chi connectivity index (χ0) is 14.9. The minimum Gasteiger partial charge on any atom is -0.393 e. The molecule has 0 aliphatic heterocycles. The van der Waals surface area contributed by atoms with E-state index in [9.17, 15) is 5.11 Å². The first kappa shape index (κ1) is 32.8. The maximum atomic E-state index is 10.3. The molecule has 0 heterocycles. The summed E-state index contributed by atoms with van der Waals surface area (Å²) in [6, 6.07) is 0. The van der Waals surface area contributed by atoms with Crippen LogP contribution in [0.4, 0.5) is 0 Å². The van der Waals surface area contributed by atoms with Crippen LogP contribution in [0.5, 0.6) is 0 Å². The molecule has 0 aromatic carbocycles. The number of allylic oxidation sites excluding steroid dienone is 2. The minimum absolute atomic E-state index is 0. The van der Waals surface area contributed by atoms with E-state index in [0.717, 1.165) is 18.3 Å². The molecule has 5 heteroatoms. The summed E-state index contributed by atoms with van der Waals surface area (Å²) < 4.78 is 0. The van der Waals surface area contributed by atoms with Gasteiger partial charge in [-0.2, -0.15) is 0 Å². The van der Waals surface area contributed by atoms with E-state index in [1.165, 1.54) is 25.7 Å². The summed E-state index contributed by atoms with van der Waals surface area (Å²) in [4.78, 5) is 0. The molecule has 2 saturated carbocycles. The van der Waals surface area contributed by atoms with Crippen LogP contribution in [0.3, 0.4) is 0 Å². The molecule has 128 valence electrons. The zero-order valence-electron chi connectivity index (χ0n) is 16.4. The third-order valence-corrected chi connectivity index (χ3v) is 6.57. The van der Waals surface area contributed by atoms with E-state index < -0.39 is 0 Å². The predicted octanol–water partition coefficient (Wildman–Crippen LogP) is 5.04. The summed E-state index contributed by atoms with van der Waals surface area (Å²) in [5.74, 6) is 3.36. The molecule has 0 aromatic heterocycles. The Morgan fingerprint density at radius 2 is 1.50 bits per heavy atom. The smallest absolute Gasteiger partial charge is 0.0573 e. The molecule has 1 nitrogen and oxygen atoms in total. The second-order valence-electron chi connectivity index (χ2n) is 8.10. The van der Waals surface area contributed by atoms with Crippen molar-refractivity contribution >= 4 is 0 Å². The van der Waals surface area contributed by atoms with Gasteiger partial charge in [0.05, 0.1) is 6.10 Å². The molecule has 0 bridgehead atoms. The van der Waals surface area contributed by atoms with E-state index in [2.05, 4.69) is 46.8 Å². The van der Waals surface area contributed by atoms with Gasteiger partial charge in [-0.05, 0) is 60.7 Å². The molecule has 4 radical (unpaired) electrons. The Bertz CT molecular complexity index is 361. The summed E-state index contributed by atoms with van der Waals surface area (Å²) >= 11 is 0. The third kappa shape index (κ3) is 8.09. The van der Waals surface area contributed by atoms with Gasteiger partial charge in [-0.15, -0.1) is 0 Å². The molecule has 24 heavy (non-hydrogen) atoms. The number of aliphatic hydroxyl groups excluding tert-OH is 1. The van der Waals surface area contributed by atoms with Gasteiger partial charge in [0.15, 0.2) is 0 Å². The quantitative estimate of drug-likeness (QED) is 0.431. The first-order chi connectivity index (χ1) is 9.36. The first-order valence-corrected chi connectivity index (χ1v) is 8.72. The summed E-state index contributed by atoms with van der Waals surface area (Å²) in [6.45, 7) is 11.8. The molecule has 2 aliphatic rings. The van der Waals surface area contributed by atoms with Gasteiger partial charge in [-0.1, -0.05) is 53.2 Å². The van der Waals surface area contributed by atoms with Crippen molar-refractivity contribution in [1.82, 2.24) is 0 Å². The normalized spacial score (nSPS) is 34.2. The van der Waals surface area contributed by atoms with Gasteiger partial charge in [0.1, 0.15) is 0 Å². The first-order valence-electron chi connectivity index (χ1n) is 8.72. The fourth-order valence-corrected chi connectivity index (χ4v) is 4.76. The summed E-state index contributed by atoms with van der Waals surface area (Å²) in [6.07, 6.45) is 10.9. The van der Waals surface area contributed by atoms with E-state index in [0.29, 0.717) is 23.2 Å². The van der Waals surface area contributed by atoms with Crippen LogP contribution < -0.4 is 0 Å². The van der Waals surface area contributed by atoms with Gasteiger partial charge in [0, 0.05) is 131 Å². The van der Waals surface area contributed by atoms with Crippen molar-refractivity contribution in [2.24, 2.45) is 35.0 Å². The Labute approximate surface area is 251 Å². The average Bonchev–Trinajstić information content (AvgIpc) is 2.74. The molecule has 6 atom stereocenters. The fraction of sp³-hybridized carbons (Fsp3) is 0.895. The van der Waals surface area contributed by atoms with Crippen LogP contribution in [0.1, 0.15) is 66.7 Å². The molecule has 2 unspecified atom stereocenters. The Morgan fingerprint density at radius 1 is 0.917 bits per heavy atom. The van der Waals surface area contributed by atoms with Gasteiger partial charge in [-0.3, -0.25) is 0 Å². The SMILES string of the molecule is CC(C)[C@@H](C)/C=C/[C@@H](C)C1CC[C@H]2C(O)CCC[C@]12C.[Y].[Y].[Y].[Y]. The monoisotopic (exact) mass is 634 g/mol. The molecule has 1 N–H and O–H groups in total. The second-order valence-corrected chi connectivity index (χ2v) is 8.10. The Hall–Kier alpha value is 4.12. The van der Waals surface area contributed by atoms with Gasteiger partial charge < -0.3 is 5.11 Å². The molecule has 2 aliphatic carbocycles. The van der Waals surface area contributed by atoms with Crippen molar-refractivity contribution in [3.05, 3.63) is 12.2 Å². The molecule has 2 rings (SSSR count). The van der Waals surface area contributed by atoms with Gasteiger partial charge >= 0.3 is 0 Å². The largest absolute Gasteiger partial charge is 0.393 e. The standard InChI is InChI=1S/C19H34O.4Y/c1-13(2)14(3)8-9-15(4)16-10-11-17-18(20)7-6-12-19(16,17)5;;;;/h8-9,13-18,20H,6-7,10-12H2,1-5H3;;;;/b9-8+;;;;/t14-,15+,16?,17-,18?,19+;;;;/m0..../s1. The zero-order valence-corrected chi connectivity index (χ0v) is 27.8. The Balaban J connectivity index is -0.00000110. The average molecular weight is 634 g/mol. The van der Waals surface area contributed by atoms with E-state index in [-0.39, 0.29) is 137 Å². The fourth-order valence-electron chi connectivity index (χ4n) is 4.76. The number of rotatable bonds is 4. The summed E-state index contributed by atoms with van der Waals surface area (Å²) in [5, 5.41) is 10.3. The number of hydrogen-bond donors (Lipinski definition) is 1. The topological polar surface area (TPSA) is 20.2 Å². The number of fused-ring (bicyclic) bond motifs is 1. The van der Waals surface area contributed by atoms with Gasteiger partial charge in [0.2, 0.25) is 0 Å². The van der Waals surface area contributed by atoms with Crippen molar-refractivity contribution in [3.8, 4) is 0 Å². The van der Waals surface area contributed by atoms with Gasteiger partial charge in [-0.25, -0.2) is 0 Å². The molecule has 0 amide bonds. The molecular formula is C19H34OY4. The maximum Gasteiger partial charge on any atom is 0.0573 e. The van der Waals surface area contributed by atoms with Gasteiger partial charge in [0.25, 0.3) is 0 Å². The predicted molar refractivity (Wildman–Crippen MR) is 86.5 cm³/mol. The Kier molecular flexibility index (Phi) is 20.5. The van der Waals surface area contributed by atoms with Crippen molar-refractivity contribution in [2.45, 2.75) is 72.8 Å². The van der Waals surface area contributed by atoms with E-state index in [1.807, 2.05) is 0 Å². The molecule has 2 fully saturated rings. The van der Waals surface area contributed by atoms with Crippen LogP contribution >= 0.6 is 0 Å². The van der Waals surface area contributed by atoms with Crippen LogP contribution in [0, 0.1) is 35.0 Å². The Morgan fingerprint density at radius 3 is 2.04 bits per heavy atom. The van der Waals surface area contributed by atoms with E-state index in [1.54, 1.807) is 0 Å². The second kappa shape index (κ2) is 15.0. The molecule has 0 spiro atoms. The summed E-state index contributed by atoms with van der Waals surface area (Å²) in [5.41, 5.74) is 0.377. The van der Waals surface area contributed by atoms with Crippen molar-refractivity contribution in [1.29, 1.82) is 0 Å². The number of aliphatic hydroxyl groups is 1. The van der Waals surface area contributed by atoms with Crippen molar-refractivity contribution in [3.63, 3.8) is 0 Å².